The predicted molar refractivity (Wildman–Crippen MR) is 122 cm³/mol. The topological polar surface area (TPSA) is 93.2 Å². The molecule has 0 saturated carbocycles. The van der Waals surface area contributed by atoms with Crippen LogP contribution >= 0.6 is 0 Å². The van der Waals surface area contributed by atoms with E-state index in [1.54, 1.807) is 30.5 Å². The number of ether oxygens (including phenoxy) is 1. The second-order valence-electron chi connectivity index (χ2n) is 7.23. The van der Waals surface area contributed by atoms with Crippen LogP contribution in [0.4, 0.5) is 5.69 Å². The van der Waals surface area contributed by atoms with E-state index in [1.165, 1.54) is 0 Å². The van der Waals surface area contributed by atoms with Gasteiger partial charge in [0.25, 0.3) is 11.8 Å². The number of nitrogens with zero attached hydrogens (tertiary/aromatic N) is 2. The summed E-state index contributed by atoms with van der Waals surface area (Å²) in [6.07, 6.45) is 1.63. The summed E-state index contributed by atoms with van der Waals surface area (Å²) in [4.78, 5) is 25.4. The Morgan fingerprint density at radius 1 is 0.938 bits per heavy atom. The Labute approximate surface area is 185 Å². The second-order valence-corrected chi connectivity index (χ2v) is 7.23. The summed E-state index contributed by atoms with van der Waals surface area (Å²) in [5, 5.41) is 15.2. The smallest absolute Gasteiger partial charge is 0.262 e. The number of hydrogen-bond acceptors (Lipinski definition) is 5. The molecule has 7 nitrogen and oxygen atoms in total. The van der Waals surface area contributed by atoms with E-state index in [0.29, 0.717) is 11.3 Å². The first-order valence-electron chi connectivity index (χ1n) is 10.2. The minimum Gasteiger partial charge on any atom is -0.466 e. The molecule has 0 aliphatic rings. The van der Waals surface area contributed by atoms with Crippen LogP contribution in [0.15, 0.2) is 85.1 Å². The quantitative estimate of drug-likeness (QED) is 0.463. The van der Waals surface area contributed by atoms with E-state index in [0.717, 1.165) is 16.3 Å². The molecule has 2 N–H and O–H groups in total. The Kier molecular flexibility index (Phi) is 6.36. The minimum atomic E-state index is -0.406. The lowest BCUT2D eigenvalue weighted by Gasteiger charge is -2.16. The highest BCUT2D eigenvalue weighted by Gasteiger charge is 2.16. The Bertz CT molecular complexity index is 1240. The average Bonchev–Trinajstić information content (AvgIpc) is 2.83. The first-order valence-corrected chi connectivity index (χ1v) is 10.2. The van der Waals surface area contributed by atoms with E-state index in [9.17, 15) is 9.59 Å². The van der Waals surface area contributed by atoms with Crippen molar-refractivity contribution in [2.75, 3.05) is 11.9 Å². The largest absolute Gasteiger partial charge is 0.466 e. The summed E-state index contributed by atoms with van der Waals surface area (Å²) in [6.45, 7) is 1.65. The zero-order valence-electron chi connectivity index (χ0n) is 17.5. The van der Waals surface area contributed by atoms with Gasteiger partial charge in [0.2, 0.25) is 5.88 Å². The molecule has 0 aliphatic heterocycles. The molecule has 7 heteroatoms. The number of anilines is 1. The van der Waals surface area contributed by atoms with Gasteiger partial charge in [0.1, 0.15) is 0 Å². The molecule has 1 heterocycles. The molecule has 32 heavy (non-hydrogen) atoms. The Morgan fingerprint density at radius 2 is 1.66 bits per heavy atom. The number of aromatic nitrogens is 2. The summed E-state index contributed by atoms with van der Waals surface area (Å²) in [5.41, 5.74) is 1.77. The van der Waals surface area contributed by atoms with Gasteiger partial charge in [-0.2, -0.15) is 5.10 Å². The van der Waals surface area contributed by atoms with Gasteiger partial charge >= 0.3 is 0 Å². The first-order chi connectivity index (χ1) is 15.6. The van der Waals surface area contributed by atoms with Gasteiger partial charge in [0, 0.05) is 10.8 Å². The lowest BCUT2D eigenvalue weighted by molar-refractivity contribution is -0.118. The molecule has 4 aromatic rings. The second kappa shape index (κ2) is 9.70. The van der Waals surface area contributed by atoms with Gasteiger partial charge in [-0.15, -0.1) is 5.10 Å². The van der Waals surface area contributed by atoms with Gasteiger partial charge in [0.05, 0.1) is 23.5 Å². The molecule has 0 saturated heterocycles. The first kappa shape index (κ1) is 21.0. The number of carbonyl (C=O) groups excluding carboxylic acids is 2. The van der Waals surface area contributed by atoms with E-state index in [4.69, 9.17) is 4.74 Å². The number of fused-ring (bicyclic) bond motifs is 1. The Morgan fingerprint density at radius 3 is 2.50 bits per heavy atom. The maximum atomic E-state index is 12.8. The third-order valence-electron chi connectivity index (χ3n) is 4.97. The zero-order chi connectivity index (χ0) is 22.3. The predicted octanol–water partition coefficient (Wildman–Crippen LogP) is 4.14. The fourth-order valence-electron chi connectivity index (χ4n) is 3.32. The van der Waals surface area contributed by atoms with Gasteiger partial charge in [-0.25, -0.2) is 0 Å². The maximum absolute atomic E-state index is 12.8. The van der Waals surface area contributed by atoms with Gasteiger partial charge in [-0.05, 0) is 30.7 Å². The minimum absolute atomic E-state index is 0.180. The van der Waals surface area contributed by atoms with Crippen molar-refractivity contribution < 1.29 is 14.3 Å². The average molecular weight is 426 g/mol. The lowest BCUT2D eigenvalue weighted by atomic mass is 10.1. The van der Waals surface area contributed by atoms with Crippen LogP contribution in [-0.2, 0) is 4.79 Å². The van der Waals surface area contributed by atoms with Crippen LogP contribution in [0.25, 0.3) is 10.8 Å². The molecule has 2 amide bonds. The molecular formula is C25H22N4O3. The summed E-state index contributed by atoms with van der Waals surface area (Å²) in [7, 11) is 0. The molecule has 0 bridgehead atoms. The molecule has 1 aromatic heterocycles. The normalized spacial score (nSPS) is 11.5. The molecule has 0 radical (unpaired) electrons. The van der Waals surface area contributed by atoms with Crippen molar-refractivity contribution in [3.05, 3.63) is 96.2 Å². The van der Waals surface area contributed by atoms with Crippen molar-refractivity contribution in [3.63, 3.8) is 0 Å². The molecule has 0 fully saturated rings. The van der Waals surface area contributed by atoms with Gasteiger partial charge in [-0.1, -0.05) is 60.7 Å². The Balaban J connectivity index is 1.42. The maximum Gasteiger partial charge on any atom is 0.262 e. The molecule has 0 spiro atoms. The van der Waals surface area contributed by atoms with Crippen LogP contribution in [0.3, 0.4) is 0 Å². The van der Waals surface area contributed by atoms with Crippen molar-refractivity contribution in [1.82, 2.24) is 15.5 Å². The number of nitrogens with one attached hydrogen (secondary N) is 2. The molecule has 0 aliphatic carbocycles. The van der Waals surface area contributed by atoms with E-state index in [1.807, 2.05) is 61.5 Å². The molecular weight excluding hydrogens is 404 g/mol. The Hall–Kier alpha value is -4.26. The van der Waals surface area contributed by atoms with Crippen LogP contribution in [0, 0.1) is 0 Å². The molecule has 160 valence electrons. The summed E-state index contributed by atoms with van der Waals surface area (Å²) in [6, 6.07) is 23.8. The number of benzene rings is 3. The van der Waals surface area contributed by atoms with Crippen LogP contribution in [0.5, 0.6) is 5.88 Å². The summed E-state index contributed by atoms with van der Waals surface area (Å²) >= 11 is 0. The van der Waals surface area contributed by atoms with E-state index in [-0.39, 0.29) is 24.4 Å². The third kappa shape index (κ3) is 4.89. The SMILES string of the molecule is CC(NC(=O)c1ccccc1NC(=O)COc1nncc2ccccc12)c1ccccc1. The van der Waals surface area contributed by atoms with Crippen LogP contribution < -0.4 is 15.4 Å². The van der Waals surface area contributed by atoms with Crippen molar-refractivity contribution in [3.8, 4) is 5.88 Å². The fourth-order valence-corrected chi connectivity index (χ4v) is 3.32. The summed E-state index contributed by atoms with van der Waals surface area (Å²) in [5.74, 6) is -0.407. The van der Waals surface area contributed by atoms with Gasteiger partial charge in [0.15, 0.2) is 6.61 Å². The van der Waals surface area contributed by atoms with Crippen molar-refractivity contribution in [2.24, 2.45) is 0 Å². The highest BCUT2D eigenvalue weighted by atomic mass is 16.5. The standard InChI is InChI=1S/C25H22N4O3/c1-17(18-9-3-2-4-10-18)27-24(31)21-13-7-8-14-22(21)28-23(30)16-32-25-20-12-6-5-11-19(20)15-26-29-25/h2-15,17H,16H2,1H3,(H,27,31)(H,28,30). The van der Waals surface area contributed by atoms with Crippen molar-refractivity contribution >= 4 is 28.3 Å². The highest BCUT2D eigenvalue weighted by Crippen LogP contribution is 2.22. The number of para-hydroxylation sites is 1. The number of amides is 2. The van der Waals surface area contributed by atoms with Crippen LogP contribution in [-0.4, -0.2) is 28.6 Å². The van der Waals surface area contributed by atoms with E-state index < -0.39 is 5.91 Å². The molecule has 3 aromatic carbocycles. The highest BCUT2D eigenvalue weighted by molar-refractivity contribution is 6.04. The number of carbonyl (C=O) groups is 2. The van der Waals surface area contributed by atoms with Gasteiger partial charge in [-0.3, -0.25) is 9.59 Å². The summed E-state index contributed by atoms with van der Waals surface area (Å²) < 4.78 is 5.59. The number of hydrogen-bond donors (Lipinski definition) is 2. The molecule has 1 unspecified atom stereocenters. The van der Waals surface area contributed by atoms with E-state index in [2.05, 4.69) is 20.8 Å². The lowest BCUT2D eigenvalue weighted by Crippen LogP contribution is -2.28. The van der Waals surface area contributed by atoms with E-state index >= 15 is 0 Å². The van der Waals surface area contributed by atoms with Crippen LogP contribution in [0.2, 0.25) is 0 Å². The molecule has 4 rings (SSSR count). The van der Waals surface area contributed by atoms with Crippen molar-refractivity contribution in [2.45, 2.75) is 13.0 Å². The monoisotopic (exact) mass is 426 g/mol. The molecule has 1 atom stereocenters. The third-order valence-corrected chi connectivity index (χ3v) is 4.97. The number of rotatable bonds is 7. The zero-order valence-corrected chi connectivity index (χ0v) is 17.5. The van der Waals surface area contributed by atoms with Crippen LogP contribution in [0.1, 0.15) is 28.9 Å². The van der Waals surface area contributed by atoms with Crippen molar-refractivity contribution in [1.29, 1.82) is 0 Å². The fraction of sp³-hybridized carbons (Fsp3) is 0.120. The van der Waals surface area contributed by atoms with Gasteiger partial charge < -0.3 is 15.4 Å².